The van der Waals surface area contributed by atoms with E-state index >= 15 is 0 Å². The van der Waals surface area contributed by atoms with E-state index in [-0.39, 0.29) is 0 Å². The lowest BCUT2D eigenvalue weighted by Crippen LogP contribution is -2.22. The minimum atomic E-state index is 0.511. The van der Waals surface area contributed by atoms with Gasteiger partial charge in [-0.1, -0.05) is 19.9 Å². The molecule has 0 unspecified atom stereocenters. The zero-order valence-electron chi connectivity index (χ0n) is 13.7. The molecule has 1 aromatic heterocycles. The number of hydrogen-bond acceptors (Lipinski definition) is 3. The zero-order valence-corrected chi connectivity index (χ0v) is 13.7. The van der Waals surface area contributed by atoms with E-state index in [0.717, 1.165) is 13.1 Å². The van der Waals surface area contributed by atoms with Crippen molar-refractivity contribution in [2.45, 2.75) is 39.9 Å². The molecule has 0 amide bonds. The molecule has 0 fully saturated rings. The van der Waals surface area contributed by atoms with Crippen LogP contribution in [0.5, 0.6) is 0 Å². The molecule has 0 aliphatic rings. The first-order valence-corrected chi connectivity index (χ1v) is 7.47. The average Bonchev–Trinajstić information content (AvgIpc) is 2.82. The van der Waals surface area contributed by atoms with Crippen molar-refractivity contribution in [3.05, 3.63) is 47.3 Å². The Morgan fingerprint density at radius 2 is 2.10 bits per heavy atom. The highest BCUT2D eigenvalue weighted by Gasteiger charge is 2.06. The summed E-state index contributed by atoms with van der Waals surface area (Å²) in [6.45, 7) is 8.32. The summed E-state index contributed by atoms with van der Waals surface area (Å²) in [5.74, 6) is 0. The van der Waals surface area contributed by atoms with Gasteiger partial charge in [0.1, 0.15) is 0 Å². The van der Waals surface area contributed by atoms with Gasteiger partial charge in [0.2, 0.25) is 0 Å². The van der Waals surface area contributed by atoms with Crippen LogP contribution < -0.4 is 10.2 Å². The number of benzene rings is 1. The van der Waals surface area contributed by atoms with Gasteiger partial charge in [-0.2, -0.15) is 5.10 Å². The molecule has 0 aliphatic heterocycles. The van der Waals surface area contributed by atoms with Crippen LogP contribution >= 0.6 is 0 Å². The highest BCUT2D eigenvalue weighted by Crippen LogP contribution is 2.20. The number of rotatable bonds is 6. The van der Waals surface area contributed by atoms with E-state index in [9.17, 15) is 0 Å². The lowest BCUT2D eigenvalue weighted by atomic mass is 10.1. The number of hydrogen-bond donors (Lipinski definition) is 1. The third-order valence-electron chi connectivity index (χ3n) is 3.65. The Kier molecular flexibility index (Phi) is 5.02. The first-order chi connectivity index (χ1) is 9.95. The van der Waals surface area contributed by atoms with Crippen molar-refractivity contribution in [3.8, 4) is 0 Å². The molecule has 1 aromatic carbocycles. The van der Waals surface area contributed by atoms with E-state index in [1.54, 1.807) is 0 Å². The second-order valence-electron chi connectivity index (χ2n) is 6.02. The summed E-state index contributed by atoms with van der Waals surface area (Å²) >= 11 is 0. The van der Waals surface area contributed by atoms with Crippen molar-refractivity contribution in [2.24, 2.45) is 7.05 Å². The van der Waals surface area contributed by atoms with Crippen LogP contribution in [0.4, 0.5) is 5.69 Å². The summed E-state index contributed by atoms with van der Waals surface area (Å²) in [5.41, 5.74) is 5.16. The SMILES string of the molecule is Cc1cc(N(C)Cc2cnn(C)c2)ccc1CNC(C)C. The Hall–Kier alpha value is -1.81. The van der Waals surface area contributed by atoms with Gasteiger partial charge in [0.25, 0.3) is 0 Å². The predicted molar refractivity (Wildman–Crippen MR) is 88.5 cm³/mol. The molecule has 0 saturated carbocycles. The van der Waals surface area contributed by atoms with Crippen molar-refractivity contribution >= 4 is 5.69 Å². The lowest BCUT2D eigenvalue weighted by molar-refractivity contribution is 0.587. The van der Waals surface area contributed by atoms with E-state index < -0.39 is 0 Å². The number of aromatic nitrogens is 2. The number of nitrogens with zero attached hydrogens (tertiary/aromatic N) is 3. The molecule has 0 aliphatic carbocycles. The lowest BCUT2D eigenvalue weighted by Gasteiger charge is -2.20. The number of aryl methyl sites for hydroxylation is 2. The van der Waals surface area contributed by atoms with E-state index in [1.165, 1.54) is 22.4 Å². The predicted octanol–water partition coefficient (Wildman–Crippen LogP) is 2.86. The molecule has 0 bridgehead atoms. The first kappa shape index (κ1) is 15.6. The van der Waals surface area contributed by atoms with Crippen molar-refractivity contribution in [1.29, 1.82) is 0 Å². The van der Waals surface area contributed by atoms with Gasteiger partial charge >= 0.3 is 0 Å². The van der Waals surface area contributed by atoms with E-state index in [1.807, 2.05) is 17.9 Å². The van der Waals surface area contributed by atoms with Gasteiger partial charge in [-0.3, -0.25) is 4.68 Å². The summed E-state index contributed by atoms with van der Waals surface area (Å²) in [6.07, 6.45) is 3.98. The molecule has 1 N–H and O–H groups in total. The summed E-state index contributed by atoms with van der Waals surface area (Å²) in [7, 11) is 4.07. The maximum atomic E-state index is 4.22. The van der Waals surface area contributed by atoms with Crippen LogP contribution in [-0.2, 0) is 20.1 Å². The molecular formula is C17H26N4. The zero-order chi connectivity index (χ0) is 15.4. The number of anilines is 1. The van der Waals surface area contributed by atoms with Gasteiger partial charge in [0.05, 0.1) is 6.20 Å². The molecule has 0 saturated heterocycles. The molecule has 0 atom stereocenters. The standard InChI is InChI=1S/C17H26N4/c1-13(2)18-10-16-6-7-17(8-14(16)3)20(4)11-15-9-19-21(5)12-15/h6-9,12-13,18H,10-11H2,1-5H3. The van der Waals surface area contributed by atoms with Crippen LogP contribution in [0.2, 0.25) is 0 Å². The van der Waals surface area contributed by atoms with Crippen molar-refractivity contribution in [3.63, 3.8) is 0 Å². The van der Waals surface area contributed by atoms with Gasteiger partial charge in [-0.05, 0) is 30.2 Å². The maximum absolute atomic E-state index is 4.22. The Morgan fingerprint density at radius 3 is 2.67 bits per heavy atom. The van der Waals surface area contributed by atoms with E-state index in [0.29, 0.717) is 6.04 Å². The average molecular weight is 286 g/mol. The highest BCUT2D eigenvalue weighted by atomic mass is 15.2. The highest BCUT2D eigenvalue weighted by molar-refractivity contribution is 5.50. The fourth-order valence-corrected chi connectivity index (χ4v) is 2.35. The molecule has 2 aromatic rings. The minimum absolute atomic E-state index is 0.511. The van der Waals surface area contributed by atoms with Gasteiger partial charge in [0.15, 0.2) is 0 Å². The van der Waals surface area contributed by atoms with Crippen LogP contribution in [0.3, 0.4) is 0 Å². The Labute approximate surface area is 127 Å². The van der Waals surface area contributed by atoms with Gasteiger partial charge in [-0.25, -0.2) is 0 Å². The van der Waals surface area contributed by atoms with Crippen LogP contribution in [0.1, 0.15) is 30.5 Å². The van der Waals surface area contributed by atoms with Crippen molar-refractivity contribution in [1.82, 2.24) is 15.1 Å². The largest absolute Gasteiger partial charge is 0.370 e. The summed E-state index contributed by atoms with van der Waals surface area (Å²) in [6, 6.07) is 7.19. The van der Waals surface area contributed by atoms with Gasteiger partial charge < -0.3 is 10.2 Å². The topological polar surface area (TPSA) is 33.1 Å². The molecular weight excluding hydrogens is 260 g/mol. The normalized spacial score (nSPS) is 11.1. The van der Waals surface area contributed by atoms with Crippen LogP contribution in [0, 0.1) is 6.92 Å². The Balaban J connectivity index is 2.04. The van der Waals surface area contributed by atoms with Crippen LogP contribution in [-0.4, -0.2) is 22.9 Å². The second-order valence-corrected chi connectivity index (χ2v) is 6.02. The molecule has 4 heteroatoms. The molecule has 0 radical (unpaired) electrons. The molecule has 1 heterocycles. The van der Waals surface area contributed by atoms with E-state index in [2.05, 4.69) is 67.5 Å². The van der Waals surface area contributed by atoms with Crippen LogP contribution in [0.15, 0.2) is 30.6 Å². The minimum Gasteiger partial charge on any atom is -0.370 e. The molecule has 114 valence electrons. The second kappa shape index (κ2) is 6.76. The molecule has 4 nitrogen and oxygen atoms in total. The Bertz CT molecular complexity index is 586. The quantitative estimate of drug-likeness (QED) is 0.886. The van der Waals surface area contributed by atoms with Crippen LogP contribution in [0.25, 0.3) is 0 Å². The Morgan fingerprint density at radius 1 is 1.33 bits per heavy atom. The third-order valence-corrected chi connectivity index (χ3v) is 3.65. The summed E-state index contributed by atoms with van der Waals surface area (Å²) in [5, 5.41) is 7.69. The monoisotopic (exact) mass is 286 g/mol. The van der Waals surface area contributed by atoms with Crippen molar-refractivity contribution < 1.29 is 0 Å². The smallest absolute Gasteiger partial charge is 0.0539 e. The van der Waals surface area contributed by atoms with E-state index in [4.69, 9.17) is 0 Å². The molecule has 21 heavy (non-hydrogen) atoms. The first-order valence-electron chi connectivity index (χ1n) is 7.47. The summed E-state index contributed by atoms with van der Waals surface area (Å²) in [4.78, 5) is 2.25. The fraction of sp³-hybridized carbons (Fsp3) is 0.471. The maximum Gasteiger partial charge on any atom is 0.0539 e. The van der Waals surface area contributed by atoms with Gasteiger partial charge in [-0.15, -0.1) is 0 Å². The number of nitrogens with one attached hydrogen (secondary N) is 1. The summed E-state index contributed by atoms with van der Waals surface area (Å²) < 4.78 is 1.84. The molecule has 2 rings (SSSR count). The third kappa shape index (κ3) is 4.33. The van der Waals surface area contributed by atoms with Gasteiger partial charge in [0, 0.05) is 50.7 Å². The fourth-order valence-electron chi connectivity index (χ4n) is 2.35. The molecule has 0 spiro atoms. The van der Waals surface area contributed by atoms with Crippen molar-refractivity contribution in [2.75, 3.05) is 11.9 Å².